The van der Waals surface area contributed by atoms with E-state index in [0.717, 1.165) is 30.4 Å². The molecule has 0 aliphatic rings. The van der Waals surface area contributed by atoms with Gasteiger partial charge in [0.05, 0.1) is 38.0 Å². The number of carbonyl (C=O) groups is 4. The quantitative estimate of drug-likeness (QED) is 0.0223. The first-order chi connectivity index (χ1) is 28.1. The average molecular weight is 819 g/mol. The van der Waals surface area contributed by atoms with Crippen molar-refractivity contribution in [3.63, 3.8) is 0 Å². The second-order valence-electron chi connectivity index (χ2n) is 13.3. The molecule has 312 valence electrons. The zero-order valence-corrected chi connectivity index (χ0v) is 34.5. The zero-order valence-electron chi connectivity index (χ0n) is 33.6. The van der Waals surface area contributed by atoms with E-state index in [0.29, 0.717) is 24.2 Å². The molecule has 3 aromatic carbocycles. The van der Waals surface area contributed by atoms with E-state index < -0.39 is 31.2 Å². The normalized spacial score (nSPS) is 12.3. The number of hydrogen-bond donors (Lipinski definition) is 4. The van der Waals surface area contributed by atoms with Gasteiger partial charge in [0, 0.05) is 11.5 Å². The van der Waals surface area contributed by atoms with E-state index in [1.807, 2.05) is 67.6 Å². The molecule has 0 saturated carbocycles. The first-order valence-electron chi connectivity index (χ1n) is 19.7. The van der Waals surface area contributed by atoms with Gasteiger partial charge in [-0.1, -0.05) is 99.8 Å². The van der Waals surface area contributed by atoms with Gasteiger partial charge in [0.25, 0.3) is 11.8 Å². The van der Waals surface area contributed by atoms with Gasteiger partial charge < -0.3 is 34.2 Å². The molecule has 0 spiro atoms. The highest BCUT2D eigenvalue weighted by Crippen LogP contribution is 2.46. The Morgan fingerprint density at radius 1 is 0.707 bits per heavy atom. The van der Waals surface area contributed by atoms with Crippen molar-refractivity contribution in [1.82, 2.24) is 21.4 Å². The lowest BCUT2D eigenvalue weighted by atomic mass is 9.84. The van der Waals surface area contributed by atoms with Gasteiger partial charge in [-0.2, -0.15) is 0 Å². The lowest BCUT2D eigenvalue weighted by Crippen LogP contribution is -2.45. The Hall–Kier alpha value is -5.27. The molecular formula is C43H55N4O10P. The molecule has 0 radical (unpaired) electrons. The summed E-state index contributed by atoms with van der Waals surface area (Å²) in [6.07, 6.45) is 3.21. The Labute approximate surface area is 340 Å². The first-order valence-corrected chi connectivity index (χ1v) is 21.4. The minimum Gasteiger partial charge on any atom is -0.488 e. The van der Waals surface area contributed by atoms with Crippen molar-refractivity contribution in [2.75, 3.05) is 26.2 Å². The highest BCUT2D eigenvalue weighted by molar-refractivity contribution is 7.53. The molecule has 4 N–H and O–H groups in total. The fraction of sp³-hybridized carbons (Fsp3) is 0.395. The summed E-state index contributed by atoms with van der Waals surface area (Å²) >= 11 is 0. The summed E-state index contributed by atoms with van der Waals surface area (Å²) < 4.78 is 35.6. The predicted molar refractivity (Wildman–Crippen MR) is 219 cm³/mol. The fourth-order valence-electron chi connectivity index (χ4n) is 6.17. The third kappa shape index (κ3) is 14.0. The maximum Gasteiger partial charge on any atom is 0.349 e. The van der Waals surface area contributed by atoms with Crippen molar-refractivity contribution in [2.24, 2.45) is 11.8 Å². The summed E-state index contributed by atoms with van der Waals surface area (Å²) in [5.74, 6) is -2.59. The Kier molecular flexibility index (Phi) is 18.7. The van der Waals surface area contributed by atoms with E-state index in [2.05, 4.69) is 28.4 Å². The molecule has 58 heavy (non-hydrogen) atoms. The summed E-state index contributed by atoms with van der Waals surface area (Å²) in [6, 6.07) is 26.8. The van der Waals surface area contributed by atoms with Crippen LogP contribution in [0.15, 0.2) is 95.4 Å². The molecule has 0 saturated heterocycles. The number of unbranched alkanes of at least 4 members (excludes halogenated alkanes) is 2. The maximum atomic E-state index is 13.5. The number of furan rings is 1. The number of hydrogen-bond acceptors (Lipinski definition) is 10. The van der Waals surface area contributed by atoms with Crippen LogP contribution in [-0.2, 0) is 41.3 Å². The summed E-state index contributed by atoms with van der Waals surface area (Å²) in [5.41, 5.74) is 4.98. The van der Waals surface area contributed by atoms with Gasteiger partial charge in [0.1, 0.15) is 24.4 Å². The molecule has 4 rings (SSSR count). The Morgan fingerprint density at radius 2 is 1.38 bits per heavy atom. The monoisotopic (exact) mass is 818 g/mol. The Bertz CT molecular complexity index is 1950. The van der Waals surface area contributed by atoms with Crippen LogP contribution in [0.2, 0.25) is 0 Å². The topological polar surface area (TPSA) is 184 Å². The summed E-state index contributed by atoms with van der Waals surface area (Å²) in [4.78, 5) is 58.6. The van der Waals surface area contributed by atoms with Gasteiger partial charge >= 0.3 is 7.60 Å². The molecule has 0 unspecified atom stereocenters. The van der Waals surface area contributed by atoms with E-state index in [1.54, 1.807) is 38.1 Å². The van der Waals surface area contributed by atoms with Crippen molar-refractivity contribution < 1.29 is 46.8 Å². The lowest BCUT2D eigenvalue weighted by Gasteiger charge is -2.24. The number of hydroxylamine groups is 1. The van der Waals surface area contributed by atoms with E-state index in [1.165, 1.54) is 6.07 Å². The number of amides is 4. The number of ether oxygens (including phenoxy) is 1. The van der Waals surface area contributed by atoms with Crippen molar-refractivity contribution in [2.45, 2.75) is 73.0 Å². The van der Waals surface area contributed by atoms with Crippen molar-refractivity contribution >= 4 is 31.2 Å². The molecule has 0 aliphatic heterocycles. The highest BCUT2D eigenvalue weighted by atomic mass is 31.2. The van der Waals surface area contributed by atoms with E-state index in [9.17, 15) is 23.7 Å². The predicted octanol–water partition coefficient (Wildman–Crippen LogP) is 7.75. The number of nitrogens with one attached hydrogen (secondary N) is 4. The number of carbonyl (C=O) groups excluding carboxylic acids is 4. The molecule has 0 aliphatic carbocycles. The third-order valence-electron chi connectivity index (χ3n) is 9.15. The first kappa shape index (κ1) is 45.4. The third-order valence-corrected chi connectivity index (χ3v) is 11.0. The SMILES string of the molecule is CCCCC[C@@H](C(=O)NCNC(=O)c1ccc(-c2ccc(C(=O)NCP(=O)(OCC)OCC)c(OCc3ccccc3)c2)o1)[C@@H](CC)C(=O)NOCc1ccccc1. The Balaban J connectivity index is 1.41. The van der Waals surface area contributed by atoms with Crippen LogP contribution in [0, 0.1) is 11.8 Å². The molecule has 0 fully saturated rings. The van der Waals surface area contributed by atoms with Crippen LogP contribution in [0.4, 0.5) is 0 Å². The van der Waals surface area contributed by atoms with Crippen LogP contribution in [0.1, 0.15) is 91.8 Å². The van der Waals surface area contributed by atoms with Crippen LogP contribution >= 0.6 is 7.60 Å². The van der Waals surface area contributed by atoms with Crippen LogP contribution in [0.3, 0.4) is 0 Å². The zero-order chi connectivity index (χ0) is 41.8. The summed E-state index contributed by atoms with van der Waals surface area (Å²) in [5, 5.41) is 8.06. The molecule has 1 aromatic heterocycles. The number of benzene rings is 3. The summed E-state index contributed by atoms with van der Waals surface area (Å²) in [7, 11) is -3.55. The molecule has 4 aromatic rings. The van der Waals surface area contributed by atoms with Crippen molar-refractivity contribution in [3.05, 3.63) is 113 Å². The highest BCUT2D eigenvalue weighted by Gasteiger charge is 2.32. The second-order valence-corrected chi connectivity index (χ2v) is 15.4. The van der Waals surface area contributed by atoms with Crippen molar-refractivity contribution in [1.29, 1.82) is 0 Å². The van der Waals surface area contributed by atoms with Crippen molar-refractivity contribution in [3.8, 4) is 17.1 Å². The minimum absolute atomic E-state index is 0.0127. The van der Waals surface area contributed by atoms with Gasteiger partial charge in [0.2, 0.25) is 11.8 Å². The van der Waals surface area contributed by atoms with Gasteiger partial charge in [-0.15, -0.1) is 0 Å². The average Bonchev–Trinajstić information content (AvgIpc) is 3.73. The van der Waals surface area contributed by atoms with Crippen LogP contribution < -0.4 is 26.2 Å². The fourth-order valence-corrected chi connectivity index (χ4v) is 7.55. The molecule has 4 amide bonds. The molecule has 2 atom stereocenters. The van der Waals surface area contributed by atoms with Crippen LogP contribution in [-0.4, -0.2) is 49.8 Å². The molecule has 0 bridgehead atoms. The smallest absolute Gasteiger partial charge is 0.349 e. The van der Waals surface area contributed by atoms with Crippen LogP contribution in [0.25, 0.3) is 11.3 Å². The van der Waals surface area contributed by atoms with Gasteiger partial charge in [-0.25, -0.2) is 5.48 Å². The largest absolute Gasteiger partial charge is 0.488 e. The van der Waals surface area contributed by atoms with Gasteiger partial charge in [-0.05, 0) is 62.1 Å². The van der Waals surface area contributed by atoms with E-state index >= 15 is 0 Å². The Morgan fingerprint density at radius 3 is 2.02 bits per heavy atom. The van der Waals surface area contributed by atoms with Gasteiger partial charge in [0.15, 0.2) is 5.76 Å². The number of rotatable bonds is 25. The van der Waals surface area contributed by atoms with Gasteiger partial charge in [-0.3, -0.25) is 28.6 Å². The molecular weight excluding hydrogens is 763 g/mol. The maximum absolute atomic E-state index is 13.5. The summed E-state index contributed by atoms with van der Waals surface area (Å²) in [6.45, 7) is 7.74. The van der Waals surface area contributed by atoms with E-state index in [4.69, 9.17) is 23.0 Å². The minimum atomic E-state index is -3.55. The second kappa shape index (κ2) is 23.8. The molecule has 14 nitrogen and oxygen atoms in total. The van der Waals surface area contributed by atoms with Crippen LogP contribution in [0.5, 0.6) is 5.75 Å². The molecule has 15 heteroatoms. The lowest BCUT2D eigenvalue weighted by molar-refractivity contribution is -0.144. The standard InChI is InChI=1S/C43H55N4O10P/c1-5-9-12-21-35(34(6-2)42(50)47-54-28-32-19-15-11-16-20-32)40(48)44-29-45-43(51)38-25-24-37(57-38)33-22-23-36(39(26-33)53-27-31-17-13-10-14-18-31)41(49)46-30-58(52,55-7-3)56-8-4/h10-11,13-20,22-26,34-35H,5-9,12,21,27-30H2,1-4H3,(H,44,48)(H,45,51)(H,46,49)(H,47,50)/t34-,35-/m1/s1. The molecule has 1 heterocycles. The van der Waals surface area contributed by atoms with E-state index in [-0.39, 0.29) is 68.3 Å².